The van der Waals surface area contributed by atoms with Gasteiger partial charge in [-0.15, -0.1) is 10.2 Å². The lowest BCUT2D eigenvalue weighted by Crippen LogP contribution is -2.17. The van der Waals surface area contributed by atoms with Crippen molar-refractivity contribution in [3.63, 3.8) is 0 Å². The maximum atomic E-state index is 13.4. The molecule has 1 aliphatic carbocycles. The molecule has 2 fully saturated rings. The third kappa shape index (κ3) is 4.26. The van der Waals surface area contributed by atoms with Crippen LogP contribution in [0.25, 0.3) is 11.4 Å². The molecule has 168 valence electrons. The molecule has 1 aromatic carbocycles. The molecule has 0 amide bonds. The lowest BCUT2D eigenvalue weighted by molar-refractivity contribution is 0.0953. The van der Waals surface area contributed by atoms with Gasteiger partial charge in [-0.25, -0.2) is 4.39 Å². The summed E-state index contributed by atoms with van der Waals surface area (Å²) in [6.45, 7) is 5.49. The number of aryl methyl sites for hydroxylation is 1. The fourth-order valence-electron chi connectivity index (χ4n) is 4.53. The molecule has 1 atom stereocenters. The molecule has 6 nitrogen and oxygen atoms in total. The van der Waals surface area contributed by atoms with Crippen LogP contribution in [0.2, 0.25) is 0 Å². The maximum absolute atomic E-state index is 13.4. The first kappa shape index (κ1) is 21.4. The minimum atomic E-state index is -0.289. The smallest absolute Gasteiger partial charge is 0.192 e. The summed E-state index contributed by atoms with van der Waals surface area (Å²) < 4.78 is 23.6. The van der Waals surface area contributed by atoms with E-state index in [1.54, 1.807) is 12.1 Å². The van der Waals surface area contributed by atoms with Crippen LogP contribution in [0.15, 0.2) is 35.5 Å². The highest BCUT2D eigenvalue weighted by molar-refractivity contribution is 7.99. The summed E-state index contributed by atoms with van der Waals surface area (Å²) in [5.74, 6) is 0.775. The number of aromatic nitrogens is 4. The quantitative estimate of drug-likeness (QED) is 0.354. The van der Waals surface area contributed by atoms with E-state index in [4.69, 9.17) is 4.74 Å². The Morgan fingerprint density at radius 1 is 1.19 bits per heavy atom. The lowest BCUT2D eigenvalue weighted by Gasteiger charge is -2.14. The number of hydrogen-bond acceptors (Lipinski definition) is 5. The lowest BCUT2D eigenvalue weighted by atomic mass is 10.2. The Kier molecular flexibility index (Phi) is 5.90. The van der Waals surface area contributed by atoms with E-state index in [1.807, 2.05) is 17.6 Å². The number of ether oxygens (including phenoxy) is 1. The Hall–Kier alpha value is -2.45. The average Bonchev–Trinajstić information content (AvgIpc) is 3.18. The predicted molar refractivity (Wildman–Crippen MR) is 122 cm³/mol. The first-order chi connectivity index (χ1) is 15.5. The number of carbonyl (C=O) groups excluding carboxylic acids is 1. The average molecular weight is 455 g/mol. The van der Waals surface area contributed by atoms with Crippen LogP contribution in [0.3, 0.4) is 0 Å². The van der Waals surface area contributed by atoms with Crippen LogP contribution in [-0.2, 0) is 11.3 Å². The van der Waals surface area contributed by atoms with Gasteiger partial charge in [0.15, 0.2) is 16.8 Å². The van der Waals surface area contributed by atoms with E-state index in [0.29, 0.717) is 29.3 Å². The molecule has 0 N–H and O–H groups in total. The van der Waals surface area contributed by atoms with E-state index in [1.165, 1.54) is 36.7 Å². The molecule has 1 aliphatic heterocycles. The van der Waals surface area contributed by atoms with Crippen LogP contribution < -0.4 is 0 Å². The van der Waals surface area contributed by atoms with E-state index in [9.17, 15) is 9.18 Å². The summed E-state index contributed by atoms with van der Waals surface area (Å²) in [5, 5.41) is 9.43. The normalized spacial score (nSPS) is 18.4. The van der Waals surface area contributed by atoms with Gasteiger partial charge in [-0.05, 0) is 69.9 Å². The van der Waals surface area contributed by atoms with Gasteiger partial charge in [0.2, 0.25) is 0 Å². The van der Waals surface area contributed by atoms with E-state index in [0.717, 1.165) is 42.0 Å². The Balaban J connectivity index is 1.37. The Labute approximate surface area is 191 Å². The molecule has 32 heavy (non-hydrogen) atoms. The minimum Gasteiger partial charge on any atom is -0.376 e. The molecule has 1 unspecified atom stereocenters. The number of nitrogens with zero attached hydrogens (tertiary/aromatic N) is 4. The molecule has 2 aliphatic rings. The predicted octanol–water partition coefficient (Wildman–Crippen LogP) is 4.99. The fourth-order valence-corrected chi connectivity index (χ4v) is 5.36. The van der Waals surface area contributed by atoms with E-state index in [-0.39, 0.29) is 17.7 Å². The van der Waals surface area contributed by atoms with Crippen LogP contribution in [0.4, 0.5) is 4.39 Å². The van der Waals surface area contributed by atoms with Gasteiger partial charge in [0.1, 0.15) is 5.82 Å². The third-order valence-electron chi connectivity index (χ3n) is 6.26. The van der Waals surface area contributed by atoms with Gasteiger partial charge in [0, 0.05) is 35.2 Å². The SMILES string of the molecule is Cc1cc(C(=O)CSc2nnc(-c3ccc(F)cc3)n2CC2CCCO2)c(C)n1C1CC1. The number of thioether (sulfide) groups is 1. The Morgan fingerprint density at radius 3 is 2.66 bits per heavy atom. The molecular formula is C24H27FN4O2S. The van der Waals surface area contributed by atoms with Crippen molar-refractivity contribution < 1.29 is 13.9 Å². The van der Waals surface area contributed by atoms with Gasteiger partial charge in [-0.2, -0.15) is 0 Å². The van der Waals surface area contributed by atoms with Crippen LogP contribution in [0.5, 0.6) is 0 Å². The number of carbonyl (C=O) groups is 1. The van der Waals surface area contributed by atoms with Crippen LogP contribution in [0, 0.1) is 19.7 Å². The van der Waals surface area contributed by atoms with Crippen molar-refractivity contribution in [2.45, 2.75) is 63.4 Å². The van der Waals surface area contributed by atoms with Gasteiger partial charge < -0.3 is 9.30 Å². The minimum absolute atomic E-state index is 0.0951. The van der Waals surface area contributed by atoms with Crippen molar-refractivity contribution in [1.29, 1.82) is 0 Å². The van der Waals surface area contributed by atoms with E-state index < -0.39 is 0 Å². The molecular weight excluding hydrogens is 427 g/mol. The number of ketones is 1. The zero-order valence-electron chi connectivity index (χ0n) is 18.4. The number of Topliss-reactive ketones (excluding diaryl/α,β-unsaturated/α-hetero) is 1. The van der Waals surface area contributed by atoms with Gasteiger partial charge in [0.05, 0.1) is 18.4 Å². The standard InChI is InChI=1S/C24H27FN4O2S/c1-15-12-21(16(2)29(15)19-9-10-19)22(30)14-32-24-27-26-23(17-5-7-18(25)8-6-17)28(24)13-20-4-3-11-31-20/h5-8,12,19-20H,3-4,9-11,13-14H2,1-2H3. The summed E-state index contributed by atoms with van der Waals surface area (Å²) in [4.78, 5) is 13.1. The molecule has 1 saturated carbocycles. The van der Waals surface area contributed by atoms with Crippen molar-refractivity contribution in [2.24, 2.45) is 0 Å². The molecule has 1 saturated heterocycles. The van der Waals surface area contributed by atoms with Crippen molar-refractivity contribution in [1.82, 2.24) is 19.3 Å². The molecule has 2 aromatic heterocycles. The Bertz CT molecular complexity index is 1130. The maximum Gasteiger partial charge on any atom is 0.192 e. The molecule has 3 aromatic rings. The van der Waals surface area contributed by atoms with E-state index in [2.05, 4.69) is 21.7 Å². The Morgan fingerprint density at radius 2 is 1.97 bits per heavy atom. The molecule has 5 rings (SSSR count). The molecule has 0 bridgehead atoms. The van der Waals surface area contributed by atoms with Crippen LogP contribution >= 0.6 is 11.8 Å². The van der Waals surface area contributed by atoms with Crippen molar-refractivity contribution >= 4 is 17.5 Å². The third-order valence-corrected chi connectivity index (χ3v) is 7.23. The van der Waals surface area contributed by atoms with Gasteiger partial charge in [0.25, 0.3) is 0 Å². The first-order valence-electron chi connectivity index (χ1n) is 11.2. The second-order valence-electron chi connectivity index (χ2n) is 8.66. The zero-order valence-corrected chi connectivity index (χ0v) is 19.2. The summed E-state index contributed by atoms with van der Waals surface area (Å²) in [6, 6.07) is 8.82. The molecule has 8 heteroatoms. The number of benzene rings is 1. The van der Waals surface area contributed by atoms with E-state index >= 15 is 0 Å². The van der Waals surface area contributed by atoms with Gasteiger partial charge in [-0.1, -0.05) is 11.8 Å². The topological polar surface area (TPSA) is 61.9 Å². The summed E-state index contributed by atoms with van der Waals surface area (Å²) >= 11 is 1.40. The van der Waals surface area contributed by atoms with Gasteiger partial charge in [-0.3, -0.25) is 9.36 Å². The monoisotopic (exact) mass is 454 g/mol. The summed E-state index contributed by atoms with van der Waals surface area (Å²) in [5.41, 5.74) is 3.80. The summed E-state index contributed by atoms with van der Waals surface area (Å²) in [7, 11) is 0. The van der Waals surface area contributed by atoms with Crippen molar-refractivity contribution in [2.75, 3.05) is 12.4 Å². The van der Waals surface area contributed by atoms with Gasteiger partial charge >= 0.3 is 0 Å². The molecule has 0 spiro atoms. The fraction of sp³-hybridized carbons (Fsp3) is 0.458. The number of rotatable bonds is 8. The van der Waals surface area contributed by atoms with Crippen molar-refractivity contribution in [3.8, 4) is 11.4 Å². The van der Waals surface area contributed by atoms with Crippen LogP contribution in [0.1, 0.15) is 53.5 Å². The molecule has 0 radical (unpaired) electrons. The highest BCUT2D eigenvalue weighted by Gasteiger charge is 2.29. The van der Waals surface area contributed by atoms with Crippen LogP contribution in [-0.4, -0.2) is 43.6 Å². The second-order valence-corrected chi connectivity index (χ2v) is 9.60. The van der Waals surface area contributed by atoms with Crippen molar-refractivity contribution in [3.05, 3.63) is 53.1 Å². The first-order valence-corrected chi connectivity index (χ1v) is 12.1. The largest absolute Gasteiger partial charge is 0.376 e. The highest BCUT2D eigenvalue weighted by Crippen LogP contribution is 2.38. The number of hydrogen-bond donors (Lipinski definition) is 0. The summed E-state index contributed by atoms with van der Waals surface area (Å²) in [6.07, 6.45) is 4.50. The second kappa shape index (κ2) is 8.83. The number of halogens is 1. The zero-order chi connectivity index (χ0) is 22.2. The molecule has 3 heterocycles. The highest BCUT2D eigenvalue weighted by atomic mass is 32.2.